The molecule has 3 rings (SSSR count). The van der Waals surface area contributed by atoms with Crippen molar-refractivity contribution in [1.82, 2.24) is 18.8 Å². The Balaban J connectivity index is 1.89. The number of sulfonamides is 1. The molecule has 1 amide bonds. The van der Waals surface area contributed by atoms with Crippen molar-refractivity contribution in [3.63, 3.8) is 0 Å². The molecule has 0 N–H and O–H groups in total. The van der Waals surface area contributed by atoms with E-state index in [0.29, 0.717) is 6.54 Å². The van der Waals surface area contributed by atoms with Gasteiger partial charge in [0.1, 0.15) is 0 Å². The number of amides is 1. The maximum Gasteiger partial charge on any atom is 0.449 e. The summed E-state index contributed by atoms with van der Waals surface area (Å²) in [6, 6.07) is 13.0. The quantitative estimate of drug-likeness (QED) is 0.446. The van der Waals surface area contributed by atoms with Crippen molar-refractivity contribution in [1.29, 1.82) is 0 Å². The number of aryl methyl sites for hydroxylation is 1. The van der Waals surface area contributed by atoms with Crippen LogP contribution in [-0.2, 0) is 34.1 Å². The van der Waals surface area contributed by atoms with Crippen LogP contribution in [0.15, 0.2) is 53.4 Å². The number of aromatic nitrogens is 2. The smallest absolute Gasteiger partial charge is 0.341 e. The van der Waals surface area contributed by atoms with Crippen molar-refractivity contribution in [2.24, 2.45) is 0 Å². The van der Waals surface area contributed by atoms with Crippen LogP contribution in [0, 0.1) is 0 Å². The first kappa shape index (κ1) is 25.7. The highest BCUT2D eigenvalue weighted by Gasteiger charge is 2.38. The molecule has 0 bridgehead atoms. The highest BCUT2D eigenvalue weighted by molar-refractivity contribution is 7.89. The van der Waals surface area contributed by atoms with Gasteiger partial charge in [-0.15, -0.1) is 0 Å². The zero-order valence-electron chi connectivity index (χ0n) is 19.2. The minimum atomic E-state index is -4.77. The highest BCUT2D eigenvalue weighted by Crippen LogP contribution is 2.33. The summed E-state index contributed by atoms with van der Waals surface area (Å²) >= 11 is 0. The first-order chi connectivity index (χ1) is 16.0. The summed E-state index contributed by atoms with van der Waals surface area (Å²) in [5, 5.41) is 0. The lowest BCUT2D eigenvalue weighted by atomic mass is 10.2. The second-order valence-corrected chi connectivity index (χ2v) is 9.75. The predicted molar refractivity (Wildman–Crippen MR) is 122 cm³/mol. The van der Waals surface area contributed by atoms with Crippen LogP contribution in [0.25, 0.3) is 11.0 Å². The molecular weight excluding hydrogens is 469 g/mol. The average molecular weight is 497 g/mol. The standard InChI is InChI=1S/C23H27F3N4O3S/c1-4-29(5-2)34(32,33)18-11-12-20-19(15-18)27-22(23(24,25)26)30(20)14-13-21(31)28(3)16-17-9-7-6-8-10-17/h6-12,15H,4-5,13-14,16H2,1-3H3. The van der Waals surface area contributed by atoms with Crippen LogP contribution in [0.5, 0.6) is 0 Å². The molecule has 0 radical (unpaired) electrons. The number of rotatable bonds is 9. The lowest BCUT2D eigenvalue weighted by molar-refractivity contribution is -0.147. The van der Waals surface area contributed by atoms with E-state index in [9.17, 15) is 26.4 Å². The fourth-order valence-electron chi connectivity index (χ4n) is 3.77. The van der Waals surface area contributed by atoms with E-state index in [4.69, 9.17) is 0 Å². The molecule has 0 aliphatic carbocycles. The topological polar surface area (TPSA) is 75.5 Å². The number of fused-ring (bicyclic) bond motifs is 1. The van der Waals surface area contributed by atoms with Crippen molar-refractivity contribution in [2.75, 3.05) is 20.1 Å². The summed E-state index contributed by atoms with van der Waals surface area (Å²) in [7, 11) is -2.26. The van der Waals surface area contributed by atoms with Crippen LogP contribution in [0.2, 0.25) is 0 Å². The van der Waals surface area contributed by atoms with E-state index >= 15 is 0 Å². The monoisotopic (exact) mass is 496 g/mol. The van der Waals surface area contributed by atoms with E-state index in [0.717, 1.165) is 16.2 Å². The lowest BCUT2D eigenvalue weighted by Crippen LogP contribution is -2.30. The molecule has 184 valence electrons. The van der Waals surface area contributed by atoms with Gasteiger partial charge < -0.3 is 9.47 Å². The zero-order chi connectivity index (χ0) is 25.1. The number of imidazole rings is 1. The Bertz CT molecular complexity index is 1250. The molecule has 1 heterocycles. The van der Waals surface area contributed by atoms with Gasteiger partial charge in [-0.05, 0) is 23.8 Å². The number of alkyl halides is 3. The summed E-state index contributed by atoms with van der Waals surface area (Å²) in [5.41, 5.74) is 0.930. The zero-order valence-corrected chi connectivity index (χ0v) is 20.0. The van der Waals surface area contributed by atoms with Crippen molar-refractivity contribution in [3.8, 4) is 0 Å². The number of benzene rings is 2. The molecule has 0 aliphatic rings. The third kappa shape index (κ3) is 5.41. The Morgan fingerprint density at radius 2 is 1.71 bits per heavy atom. The second-order valence-electron chi connectivity index (χ2n) is 7.81. The van der Waals surface area contributed by atoms with Crippen LogP contribution >= 0.6 is 0 Å². The van der Waals surface area contributed by atoms with Gasteiger partial charge in [0.2, 0.25) is 21.8 Å². The lowest BCUT2D eigenvalue weighted by Gasteiger charge is -2.19. The predicted octanol–water partition coefficient (Wildman–Crippen LogP) is 4.13. The summed E-state index contributed by atoms with van der Waals surface area (Å²) in [6.45, 7) is 3.92. The first-order valence-corrected chi connectivity index (χ1v) is 12.3. The molecule has 1 aromatic heterocycles. The fourth-order valence-corrected chi connectivity index (χ4v) is 5.25. The van der Waals surface area contributed by atoms with E-state index in [2.05, 4.69) is 4.98 Å². The number of hydrogen-bond acceptors (Lipinski definition) is 4. The van der Waals surface area contributed by atoms with Gasteiger partial charge in [-0.3, -0.25) is 4.79 Å². The fraction of sp³-hybridized carbons (Fsp3) is 0.391. The van der Waals surface area contributed by atoms with E-state index < -0.39 is 22.0 Å². The van der Waals surface area contributed by atoms with Crippen molar-refractivity contribution in [3.05, 3.63) is 59.9 Å². The Kier molecular flexibility index (Phi) is 7.67. The molecule has 34 heavy (non-hydrogen) atoms. The highest BCUT2D eigenvalue weighted by atomic mass is 32.2. The maximum absolute atomic E-state index is 13.7. The molecule has 0 atom stereocenters. The molecule has 0 saturated carbocycles. The molecule has 11 heteroatoms. The molecule has 2 aromatic carbocycles. The minimum absolute atomic E-state index is 0.0920. The van der Waals surface area contributed by atoms with Gasteiger partial charge in [0, 0.05) is 39.6 Å². The van der Waals surface area contributed by atoms with Crippen molar-refractivity contribution < 1.29 is 26.4 Å². The van der Waals surface area contributed by atoms with E-state index in [1.165, 1.54) is 21.3 Å². The number of nitrogens with zero attached hydrogens (tertiary/aromatic N) is 4. The van der Waals surface area contributed by atoms with Crippen LogP contribution in [-0.4, -0.2) is 53.2 Å². The Labute approximate surface area is 196 Å². The molecular formula is C23H27F3N4O3S. The molecule has 3 aromatic rings. The third-order valence-corrected chi connectivity index (χ3v) is 7.60. The number of carbonyl (C=O) groups excluding carboxylic acids is 1. The molecule has 0 spiro atoms. The Hall–Kier alpha value is -2.92. The van der Waals surface area contributed by atoms with Gasteiger partial charge in [-0.1, -0.05) is 44.2 Å². The summed E-state index contributed by atoms with van der Waals surface area (Å²) in [5.74, 6) is -1.49. The van der Waals surface area contributed by atoms with Crippen molar-refractivity contribution >= 4 is 27.0 Å². The van der Waals surface area contributed by atoms with Crippen LogP contribution in [0.4, 0.5) is 13.2 Å². The molecule has 7 nitrogen and oxygen atoms in total. The molecule has 0 aliphatic heterocycles. The minimum Gasteiger partial charge on any atom is -0.341 e. The van der Waals surface area contributed by atoms with E-state index in [-0.39, 0.29) is 47.9 Å². The molecule has 0 fully saturated rings. The van der Waals surface area contributed by atoms with Crippen LogP contribution in [0.3, 0.4) is 0 Å². The van der Waals surface area contributed by atoms with Gasteiger partial charge >= 0.3 is 6.18 Å². The maximum atomic E-state index is 13.7. The van der Waals surface area contributed by atoms with E-state index in [1.54, 1.807) is 20.9 Å². The van der Waals surface area contributed by atoms with Crippen molar-refractivity contribution in [2.45, 2.75) is 44.4 Å². The molecule has 0 saturated heterocycles. The van der Waals surface area contributed by atoms with Gasteiger partial charge in [0.25, 0.3) is 0 Å². The number of carbonyl (C=O) groups is 1. The average Bonchev–Trinajstić information content (AvgIpc) is 3.17. The SMILES string of the molecule is CCN(CC)S(=O)(=O)c1ccc2c(c1)nc(C(F)(F)F)n2CCC(=O)N(C)Cc1ccccc1. The summed E-state index contributed by atoms with van der Waals surface area (Å²) in [4.78, 5) is 17.6. The number of halogens is 3. The Morgan fingerprint density at radius 3 is 2.29 bits per heavy atom. The number of hydrogen-bond donors (Lipinski definition) is 0. The summed E-state index contributed by atoms with van der Waals surface area (Å²) < 4.78 is 68.9. The summed E-state index contributed by atoms with van der Waals surface area (Å²) in [6.07, 6.45) is -4.94. The van der Waals surface area contributed by atoms with Gasteiger partial charge in [0.05, 0.1) is 15.9 Å². The largest absolute Gasteiger partial charge is 0.449 e. The normalized spacial score (nSPS) is 12.4. The van der Waals surface area contributed by atoms with Gasteiger partial charge in [0.15, 0.2) is 0 Å². The van der Waals surface area contributed by atoms with Gasteiger partial charge in [-0.25, -0.2) is 13.4 Å². The third-order valence-electron chi connectivity index (χ3n) is 5.55. The molecule has 0 unspecified atom stereocenters. The van der Waals surface area contributed by atoms with Crippen LogP contribution in [0.1, 0.15) is 31.7 Å². The second kappa shape index (κ2) is 10.1. The van der Waals surface area contributed by atoms with Gasteiger partial charge in [-0.2, -0.15) is 17.5 Å². The Morgan fingerprint density at radius 1 is 1.06 bits per heavy atom. The van der Waals surface area contributed by atoms with E-state index in [1.807, 2.05) is 30.3 Å². The first-order valence-electron chi connectivity index (χ1n) is 10.8. The van der Waals surface area contributed by atoms with Crippen LogP contribution < -0.4 is 0 Å².